The van der Waals surface area contributed by atoms with E-state index in [9.17, 15) is 9.59 Å². The molecule has 0 saturated heterocycles. The summed E-state index contributed by atoms with van der Waals surface area (Å²) in [4.78, 5) is 23.3. The van der Waals surface area contributed by atoms with Crippen LogP contribution in [0.3, 0.4) is 0 Å². The Labute approximate surface area is 90.6 Å². The Kier molecular flexibility index (Phi) is 2.78. The molecular formula is C11H9NO2S. The number of rotatable bonds is 3. The van der Waals surface area contributed by atoms with Crippen LogP contribution in [0.2, 0.25) is 0 Å². The average molecular weight is 219 g/mol. The zero-order valence-electron chi connectivity index (χ0n) is 7.92. The molecule has 0 aliphatic heterocycles. The summed E-state index contributed by atoms with van der Waals surface area (Å²) < 4.78 is 1.70. The molecule has 0 aliphatic rings. The number of nitrogens with zero attached hydrogens (tertiary/aromatic N) is 1. The van der Waals surface area contributed by atoms with Gasteiger partial charge in [-0.15, -0.1) is 11.3 Å². The van der Waals surface area contributed by atoms with Gasteiger partial charge in [-0.05, 0) is 11.4 Å². The number of hydrogen-bond donors (Lipinski definition) is 0. The Morgan fingerprint density at radius 2 is 2.00 bits per heavy atom. The van der Waals surface area contributed by atoms with Crippen LogP contribution in [-0.4, -0.2) is 10.4 Å². The van der Waals surface area contributed by atoms with Crippen molar-refractivity contribution in [3.05, 3.63) is 57.1 Å². The summed E-state index contributed by atoms with van der Waals surface area (Å²) in [5, 5.41) is 1.87. The summed E-state index contributed by atoms with van der Waals surface area (Å²) in [6, 6.07) is 6.54. The molecule has 0 spiro atoms. The van der Waals surface area contributed by atoms with Gasteiger partial charge in [-0.1, -0.05) is 6.07 Å². The van der Waals surface area contributed by atoms with Crippen LogP contribution in [-0.2, 0) is 6.54 Å². The van der Waals surface area contributed by atoms with E-state index >= 15 is 0 Å². The summed E-state index contributed by atoms with van der Waals surface area (Å²) in [5.74, 6) is 0.0636. The maximum absolute atomic E-state index is 11.7. The highest BCUT2D eigenvalue weighted by atomic mass is 32.1. The second kappa shape index (κ2) is 4.23. The van der Waals surface area contributed by atoms with Gasteiger partial charge in [0.25, 0.3) is 0 Å². The van der Waals surface area contributed by atoms with Gasteiger partial charge in [0.1, 0.15) is 0 Å². The van der Waals surface area contributed by atoms with E-state index in [1.165, 1.54) is 23.5 Å². The van der Waals surface area contributed by atoms with Crippen molar-refractivity contribution in [3.63, 3.8) is 0 Å². The fourth-order valence-corrected chi connectivity index (χ4v) is 1.89. The van der Waals surface area contributed by atoms with Crippen molar-refractivity contribution in [1.29, 1.82) is 0 Å². The van der Waals surface area contributed by atoms with E-state index in [-0.39, 0.29) is 17.8 Å². The van der Waals surface area contributed by atoms with Gasteiger partial charge >= 0.3 is 0 Å². The fourth-order valence-electron chi connectivity index (χ4n) is 1.23. The molecular weight excluding hydrogens is 210 g/mol. The lowest BCUT2D eigenvalue weighted by atomic mass is 10.3. The monoisotopic (exact) mass is 219 g/mol. The Balaban J connectivity index is 2.13. The van der Waals surface area contributed by atoms with Gasteiger partial charge in [-0.2, -0.15) is 0 Å². The average Bonchev–Trinajstić information content (AvgIpc) is 2.74. The van der Waals surface area contributed by atoms with Gasteiger partial charge in [-0.25, -0.2) is 0 Å². The number of Topliss-reactive ketones (excluding diaryl/α,β-unsaturated/α-hetero) is 1. The second-order valence-electron chi connectivity index (χ2n) is 3.11. The van der Waals surface area contributed by atoms with Crippen molar-refractivity contribution in [3.8, 4) is 0 Å². The molecule has 0 N–H and O–H groups in total. The van der Waals surface area contributed by atoms with Gasteiger partial charge in [-0.3, -0.25) is 9.59 Å². The normalized spacial score (nSPS) is 10.1. The third-order valence-electron chi connectivity index (χ3n) is 1.98. The molecule has 0 fully saturated rings. The third kappa shape index (κ3) is 2.41. The van der Waals surface area contributed by atoms with Gasteiger partial charge in [0.05, 0.1) is 11.4 Å². The number of carbonyl (C=O) groups is 1. The molecule has 0 bridgehead atoms. The van der Waals surface area contributed by atoms with E-state index in [0.717, 1.165) is 4.88 Å². The number of aromatic nitrogens is 1. The molecule has 4 heteroatoms. The molecule has 2 aromatic rings. The molecule has 0 atom stereocenters. The van der Waals surface area contributed by atoms with Crippen molar-refractivity contribution in [1.82, 2.24) is 4.57 Å². The second-order valence-corrected chi connectivity index (χ2v) is 4.05. The number of pyridine rings is 1. The summed E-state index contributed by atoms with van der Waals surface area (Å²) in [7, 11) is 0. The van der Waals surface area contributed by atoms with Crippen LogP contribution >= 0.6 is 11.3 Å². The summed E-state index contributed by atoms with van der Waals surface area (Å²) in [6.45, 7) is 0.279. The molecule has 3 nitrogen and oxygen atoms in total. The van der Waals surface area contributed by atoms with Crippen molar-refractivity contribution in [2.75, 3.05) is 0 Å². The molecule has 0 aliphatic carbocycles. The third-order valence-corrected chi connectivity index (χ3v) is 2.89. The van der Waals surface area contributed by atoms with E-state index in [2.05, 4.69) is 0 Å². The molecule has 0 aromatic carbocycles. The number of thiophene rings is 1. The van der Waals surface area contributed by atoms with Crippen molar-refractivity contribution < 1.29 is 4.79 Å². The van der Waals surface area contributed by atoms with Crippen LogP contribution in [0.5, 0.6) is 0 Å². The fraction of sp³-hybridized carbons (Fsp3) is 0.0909. The topological polar surface area (TPSA) is 39.1 Å². The minimum Gasteiger partial charge on any atom is -0.346 e. The van der Waals surface area contributed by atoms with E-state index in [1.54, 1.807) is 23.0 Å². The zero-order valence-corrected chi connectivity index (χ0v) is 8.74. The maximum atomic E-state index is 11.7. The number of ketones is 1. The van der Waals surface area contributed by atoms with E-state index in [4.69, 9.17) is 0 Å². The van der Waals surface area contributed by atoms with Gasteiger partial charge in [0.15, 0.2) is 11.2 Å². The maximum Gasteiger partial charge on any atom is 0.192 e. The van der Waals surface area contributed by atoms with Crippen LogP contribution in [0.1, 0.15) is 9.67 Å². The van der Waals surface area contributed by atoms with Crippen LogP contribution in [0, 0.1) is 0 Å². The number of carbonyl (C=O) groups excluding carboxylic acids is 1. The molecule has 15 heavy (non-hydrogen) atoms. The van der Waals surface area contributed by atoms with Gasteiger partial charge in [0, 0.05) is 24.5 Å². The largest absolute Gasteiger partial charge is 0.346 e. The highest BCUT2D eigenvalue weighted by molar-refractivity contribution is 7.12. The Morgan fingerprint density at radius 1 is 1.27 bits per heavy atom. The Bertz CT molecular complexity index is 493. The minimum absolute atomic E-state index is 0.0465. The molecule has 2 rings (SSSR count). The summed E-state index contributed by atoms with van der Waals surface area (Å²) in [5.41, 5.74) is -0.0465. The van der Waals surface area contributed by atoms with E-state index in [0.29, 0.717) is 0 Å². The SMILES string of the molecule is O=C(Cn1ccc(=O)cc1)c1cccs1. The number of hydrogen-bond acceptors (Lipinski definition) is 3. The van der Waals surface area contributed by atoms with Crippen LogP contribution in [0.15, 0.2) is 46.8 Å². The molecule has 0 unspecified atom stereocenters. The first-order valence-corrected chi connectivity index (χ1v) is 5.36. The van der Waals surface area contributed by atoms with Crippen molar-refractivity contribution in [2.45, 2.75) is 6.54 Å². The molecule has 2 aromatic heterocycles. The lowest BCUT2D eigenvalue weighted by Crippen LogP contribution is -2.10. The van der Waals surface area contributed by atoms with Crippen LogP contribution < -0.4 is 5.43 Å². The van der Waals surface area contributed by atoms with Crippen molar-refractivity contribution >= 4 is 17.1 Å². The smallest absolute Gasteiger partial charge is 0.192 e. The standard InChI is InChI=1S/C11H9NO2S/c13-9-3-5-12(6-4-9)8-10(14)11-2-1-7-15-11/h1-7H,8H2. The van der Waals surface area contributed by atoms with Gasteiger partial charge in [0.2, 0.25) is 0 Å². The highest BCUT2D eigenvalue weighted by Crippen LogP contribution is 2.09. The Morgan fingerprint density at radius 3 is 2.60 bits per heavy atom. The molecule has 0 radical (unpaired) electrons. The lowest BCUT2D eigenvalue weighted by molar-refractivity contribution is 0.0976. The molecule has 76 valence electrons. The molecule has 0 saturated carbocycles. The first-order valence-electron chi connectivity index (χ1n) is 4.48. The van der Waals surface area contributed by atoms with Crippen LogP contribution in [0.25, 0.3) is 0 Å². The summed E-state index contributed by atoms with van der Waals surface area (Å²) >= 11 is 1.43. The quantitative estimate of drug-likeness (QED) is 0.738. The first kappa shape index (κ1) is 9.86. The Hall–Kier alpha value is -1.68. The molecule has 2 heterocycles. The predicted molar refractivity (Wildman–Crippen MR) is 59.4 cm³/mol. The predicted octanol–water partition coefficient (Wildman–Crippen LogP) is 1.79. The van der Waals surface area contributed by atoms with E-state index in [1.807, 2.05) is 11.4 Å². The van der Waals surface area contributed by atoms with E-state index < -0.39 is 0 Å². The minimum atomic E-state index is -0.0465. The zero-order chi connectivity index (χ0) is 10.7. The van der Waals surface area contributed by atoms with Crippen LogP contribution in [0.4, 0.5) is 0 Å². The van der Waals surface area contributed by atoms with Crippen molar-refractivity contribution in [2.24, 2.45) is 0 Å². The first-order chi connectivity index (χ1) is 7.25. The lowest BCUT2D eigenvalue weighted by Gasteiger charge is -2.02. The summed E-state index contributed by atoms with van der Waals surface area (Å²) in [6.07, 6.45) is 3.24. The highest BCUT2D eigenvalue weighted by Gasteiger charge is 2.06. The van der Waals surface area contributed by atoms with Gasteiger partial charge < -0.3 is 4.57 Å². The molecule has 0 amide bonds.